The van der Waals surface area contributed by atoms with Crippen LogP contribution in [0.5, 0.6) is 0 Å². The van der Waals surface area contributed by atoms with Crippen LogP contribution in [0, 0.1) is 6.92 Å². The molecule has 0 saturated carbocycles. The zero-order chi connectivity index (χ0) is 17.3. The van der Waals surface area contributed by atoms with Crippen molar-refractivity contribution in [2.24, 2.45) is 0 Å². The predicted octanol–water partition coefficient (Wildman–Crippen LogP) is 3.26. The number of morpholine rings is 1. The molecule has 1 saturated heterocycles. The van der Waals surface area contributed by atoms with Gasteiger partial charge in [-0.25, -0.2) is 0 Å². The Morgan fingerprint density at radius 3 is 2.79 bits per heavy atom. The molecule has 6 nitrogen and oxygen atoms in total. The maximum atomic E-state index is 5.85. The van der Waals surface area contributed by atoms with E-state index in [0.717, 1.165) is 24.3 Å². The highest BCUT2D eigenvalue weighted by molar-refractivity contribution is 5.64. The zero-order valence-corrected chi connectivity index (χ0v) is 15.1. The van der Waals surface area contributed by atoms with Gasteiger partial charge in [0.05, 0.1) is 6.61 Å². The second-order valence-electron chi connectivity index (χ2n) is 7.21. The van der Waals surface area contributed by atoms with Gasteiger partial charge in [0.25, 0.3) is 5.89 Å². The molecule has 0 radical (unpaired) electrons. The number of ether oxygens (including phenoxy) is 1. The van der Waals surface area contributed by atoms with E-state index >= 15 is 0 Å². The molecule has 0 spiro atoms. The van der Waals surface area contributed by atoms with Crippen molar-refractivity contribution in [2.75, 3.05) is 32.1 Å². The van der Waals surface area contributed by atoms with Gasteiger partial charge in [-0.15, -0.1) is 0 Å². The highest BCUT2D eigenvalue weighted by atomic mass is 16.5. The molecule has 0 amide bonds. The molecule has 1 N–H and O–H groups in total. The lowest BCUT2D eigenvalue weighted by Gasteiger charge is -2.40. The van der Waals surface area contributed by atoms with Crippen LogP contribution in [-0.4, -0.2) is 47.3 Å². The van der Waals surface area contributed by atoms with Crippen LogP contribution in [0.1, 0.15) is 38.3 Å². The average Bonchev–Trinajstić information content (AvgIpc) is 3.05. The molecule has 0 unspecified atom stereocenters. The Bertz CT molecular complexity index is 705. The maximum Gasteiger partial charge on any atom is 0.257 e. The molecule has 1 atom stereocenters. The van der Waals surface area contributed by atoms with E-state index in [1.54, 1.807) is 0 Å². The largest absolute Gasteiger partial charge is 0.388 e. The molecule has 1 aromatic carbocycles. The Hall–Kier alpha value is -1.92. The summed E-state index contributed by atoms with van der Waals surface area (Å²) in [6.07, 6.45) is -0.173. The van der Waals surface area contributed by atoms with Crippen molar-refractivity contribution in [2.45, 2.75) is 39.3 Å². The van der Waals surface area contributed by atoms with Gasteiger partial charge in [0.1, 0.15) is 6.10 Å². The Kier molecular flexibility index (Phi) is 4.60. The van der Waals surface area contributed by atoms with Crippen molar-refractivity contribution in [3.8, 4) is 11.4 Å². The van der Waals surface area contributed by atoms with Gasteiger partial charge < -0.3 is 14.6 Å². The molecule has 1 fully saturated rings. The van der Waals surface area contributed by atoms with Crippen molar-refractivity contribution in [1.29, 1.82) is 0 Å². The first-order valence-electron chi connectivity index (χ1n) is 8.37. The number of aryl methyl sites for hydroxylation is 1. The normalized spacial score (nSPS) is 19.5. The third-order valence-corrected chi connectivity index (χ3v) is 4.50. The van der Waals surface area contributed by atoms with E-state index < -0.39 is 0 Å². The summed E-state index contributed by atoms with van der Waals surface area (Å²) in [6.45, 7) is 11.0. The van der Waals surface area contributed by atoms with E-state index in [2.05, 4.69) is 54.1 Å². The first-order valence-corrected chi connectivity index (χ1v) is 8.37. The number of benzene rings is 1. The minimum absolute atomic E-state index is 0.101. The topological polar surface area (TPSA) is 63.4 Å². The highest BCUT2D eigenvalue weighted by Crippen LogP contribution is 2.28. The molecule has 2 aromatic rings. The van der Waals surface area contributed by atoms with Crippen LogP contribution in [0.2, 0.25) is 0 Å². The lowest BCUT2D eigenvalue weighted by molar-refractivity contribution is -0.0714. The van der Waals surface area contributed by atoms with E-state index in [4.69, 9.17) is 9.26 Å². The number of anilines is 1. The summed E-state index contributed by atoms with van der Waals surface area (Å²) >= 11 is 0. The van der Waals surface area contributed by atoms with E-state index in [9.17, 15) is 0 Å². The molecule has 130 valence electrons. The SMILES string of the molecule is CNc1cc(-c2noc([C@@H]3CN(C(C)(C)C)CCO3)n2)ccc1C. The number of aromatic nitrogens is 2. The summed E-state index contributed by atoms with van der Waals surface area (Å²) in [7, 11) is 1.91. The number of nitrogens with one attached hydrogen (secondary N) is 1. The number of rotatable bonds is 3. The summed E-state index contributed by atoms with van der Waals surface area (Å²) in [6, 6.07) is 6.09. The Labute approximate surface area is 143 Å². The predicted molar refractivity (Wildman–Crippen MR) is 94.0 cm³/mol. The van der Waals surface area contributed by atoms with Crippen molar-refractivity contribution in [1.82, 2.24) is 15.0 Å². The monoisotopic (exact) mass is 330 g/mol. The van der Waals surface area contributed by atoms with E-state index in [0.29, 0.717) is 18.3 Å². The molecule has 1 aromatic heterocycles. The molecule has 6 heteroatoms. The van der Waals surface area contributed by atoms with Gasteiger partial charge in [-0.3, -0.25) is 4.90 Å². The fraction of sp³-hybridized carbons (Fsp3) is 0.556. The fourth-order valence-electron chi connectivity index (χ4n) is 2.92. The first kappa shape index (κ1) is 16.9. The maximum absolute atomic E-state index is 5.85. The molecule has 2 heterocycles. The van der Waals surface area contributed by atoms with Gasteiger partial charge >= 0.3 is 0 Å². The first-order chi connectivity index (χ1) is 11.4. The van der Waals surface area contributed by atoms with Crippen LogP contribution in [0.4, 0.5) is 5.69 Å². The van der Waals surface area contributed by atoms with Crippen molar-refractivity contribution in [3.63, 3.8) is 0 Å². The minimum atomic E-state index is -0.173. The fourth-order valence-corrected chi connectivity index (χ4v) is 2.92. The van der Waals surface area contributed by atoms with Crippen molar-refractivity contribution < 1.29 is 9.26 Å². The van der Waals surface area contributed by atoms with E-state index in [1.807, 2.05) is 19.2 Å². The van der Waals surface area contributed by atoms with Gasteiger partial charge in [0.15, 0.2) is 0 Å². The minimum Gasteiger partial charge on any atom is -0.388 e. The van der Waals surface area contributed by atoms with Crippen LogP contribution in [-0.2, 0) is 4.74 Å². The molecule has 0 bridgehead atoms. The second-order valence-corrected chi connectivity index (χ2v) is 7.21. The second kappa shape index (κ2) is 6.53. The molecular weight excluding hydrogens is 304 g/mol. The standard InChI is InChI=1S/C18H26N4O2/c1-12-6-7-13(10-14(12)19-5)16-20-17(24-21-16)15-11-22(8-9-23-15)18(2,3)4/h6-7,10,15,19H,8-9,11H2,1-5H3/t15-/m0/s1. The van der Waals surface area contributed by atoms with Crippen LogP contribution in [0.25, 0.3) is 11.4 Å². The Morgan fingerprint density at radius 2 is 2.08 bits per heavy atom. The van der Waals surface area contributed by atoms with Gasteiger partial charge in [0, 0.05) is 36.9 Å². The Morgan fingerprint density at radius 1 is 1.29 bits per heavy atom. The smallest absolute Gasteiger partial charge is 0.257 e. The lowest BCUT2D eigenvalue weighted by atomic mass is 10.0. The van der Waals surface area contributed by atoms with Crippen LogP contribution in [0.3, 0.4) is 0 Å². The quantitative estimate of drug-likeness (QED) is 0.932. The summed E-state index contributed by atoms with van der Waals surface area (Å²) in [5.41, 5.74) is 3.28. The van der Waals surface area contributed by atoms with Gasteiger partial charge in [-0.05, 0) is 39.3 Å². The number of hydrogen-bond donors (Lipinski definition) is 1. The highest BCUT2D eigenvalue weighted by Gasteiger charge is 2.32. The molecule has 3 rings (SSSR count). The summed E-state index contributed by atoms with van der Waals surface area (Å²) in [5, 5.41) is 7.32. The molecule has 24 heavy (non-hydrogen) atoms. The molecular formula is C18H26N4O2. The summed E-state index contributed by atoms with van der Waals surface area (Å²) < 4.78 is 11.3. The van der Waals surface area contributed by atoms with Crippen molar-refractivity contribution in [3.05, 3.63) is 29.7 Å². The molecule has 1 aliphatic heterocycles. The van der Waals surface area contributed by atoms with E-state index in [-0.39, 0.29) is 11.6 Å². The van der Waals surface area contributed by atoms with Crippen molar-refractivity contribution >= 4 is 5.69 Å². The molecule has 0 aliphatic carbocycles. The Balaban J connectivity index is 1.80. The van der Waals surface area contributed by atoms with Crippen LogP contribution < -0.4 is 5.32 Å². The van der Waals surface area contributed by atoms with Crippen LogP contribution in [0.15, 0.2) is 22.7 Å². The third kappa shape index (κ3) is 3.44. The number of hydrogen-bond acceptors (Lipinski definition) is 6. The summed E-state index contributed by atoms with van der Waals surface area (Å²) in [5.74, 6) is 1.14. The van der Waals surface area contributed by atoms with Gasteiger partial charge in [-0.1, -0.05) is 17.3 Å². The zero-order valence-electron chi connectivity index (χ0n) is 15.1. The lowest BCUT2D eigenvalue weighted by Crippen LogP contribution is -2.48. The number of nitrogens with zero attached hydrogens (tertiary/aromatic N) is 3. The molecule has 1 aliphatic rings. The summed E-state index contributed by atoms with van der Waals surface area (Å²) in [4.78, 5) is 6.95. The average molecular weight is 330 g/mol. The van der Waals surface area contributed by atoms with E-state index in [1.165, 1.54) is 5.56 Å². The van der Waals surface area contributed by atoms with Gasteiger partial charge in [-0.2, -0.15) is 4.98 Å². The van der Waals surface area contributed by atoms with Gasteiger partial charge in [0.2, 0.25) is 5.82 Å². The van der Waals surface area contributed by atoms with Crippen LogP contribution >= 0.6 is 0 Å². The third-order valence-electron chi connectivity index (χ3n) is 4.50.